The van der Waals surface area contributed by atoms with Gasteiger partial charge in [0.05, 0.1) is 30.0 Å². The van der Waals surface area contributed by atoms with E-state index in [0.717, 1.165) is 9.87 Å². The zero-order valence-corrected chi connectivity index (χ0v) is 24.3. The molecule has 218 valence electrons. The fourth-order valence-corrected chi connectivity index (χ4v) is 5.40. The lowest BCUT2D eigenvalue weighted by Gasteiger charge is -2.23. The Morgan fingerprint density at radius 1 is 0.810 bits per heavy atom. The largest absolute Gasteiger partial charge is 0.494 e. The number of para-hydroxylation sites is 1. The van der Waals surface area contributed by atoms with E-state index >= 15 is 0 Å². The molecule has 4 rings (SSSR count). The van der Waals surface area contributed by atoms with Crippen molar-refractivity contribution in [1.82, 2.24) is 5.43 Å². The Bertz CT molecular complexity index is 1580. The van der Waals surface area contributed by atoms with Gasteiger partial charge in [0.25, 0.3) is 15.9 Å². The number of hydrogen-bond donors (Lipinski definition) is 1. The lowest BCUT2D eigenvalue weighted by molar-refractivity contribution is -0.119. The molecule has 0 spiro atoms. The fourth-order valence-electron chi connectivity index (χ4n) is 3.98. The molecule has 4 aromatic rings. The lowest BCUT2D eigenvalue weighted by atomic mass is 10.2. The van der Waals surface area contributed by atoms with E-state index in [1.807, 2.05) is 44.2 Å². The number of nitrogens with one attached hydrogen (secondary N) is 1. The van der Waals surface area contributed by atoms with E-state index in [2.05, 4.69) is 10.5 Å². The monoisotopic (exact) mass is 587 g/mol. The number of nitrogens with zero attached hydrogens (tertiary/aromatic N) is 2. The third kappa shape index (κ3) is 8.11. The normalized spacial score (nSPS) is 11.2. The summed E-state index contributed by atoms with van der Waals surface area (Å²) in [5.74, 6) is 1.07. The highest BCUT2D eigenvalue weighted by Crippen LogP contribution is 2.29. The van der Waals surface area contributed by atoms with Crippen LogP contribution in [-0.4, -0.2) is 40.3 Å². The summed E-state index contributed by atoms with van der Waals surface area (Å²) in [5.41, 5.74) is 4.46. The van der Waals surface area contributed by atoms with Crippen LogP contribution in [0.1, 0.15) is 25.0 Å². The Balaban J connectivity index is 1.45. The highest BCUT2D eigenvalue weighted by atomic mass is 32.2. The van der Waals surface area contributed by atoms with Crippen molar-refractivity contribution >= 4 is 27.8 Å². The summed E-state index contributed by atoms with van der Waals surface area (Å²) in [6.07, 6.45) is 1.45. The molecule has 1 amide bonds. The van der Waals surface area contributed by atoms with E-state index < -0.39 is 22.5 Å². The first-order chi connectivity index (χ1) is 20.4. The van der Waals surface area contributed by atoms with Crippen LogP contribution < -0.4 is 23.9 Å². The van der Waals surface area contributed by atoms with Crippen LogP contribution in [0.15, 0.2) is 113 Å². The van der Waals surface area contributed by atoms with Gasteiger partial charge in [-0.2, -0.15) is 5.10 Å². The van der Waals surface area contributed by atoms with Gasteiger partial charge in [0.15, 0.2) is 11.5 Å². The van der Waals surface area contributed by atoms with Crippen LogP contribution in [0.5, 0.6) is 17.2 Å². The summed E-state index contributed by atoms with van der Waals surface area (Å²) in [6.45, 7) is 4.54. The maximum absolute atomic E-state index is 13.5. The van der Waals surface area contributed by atoms with Gasteiger partial charge in [-0.15, -0.1) is 0 Å². The molecule has 0 radical (unpaired) electrons. The van der Waals surface area contributed by atoms with Gasteiger partial charge in [0.2, 0.25) is 0 Å². The quantitative estimate of drug-likeness (QED) is 0.156. The Hall–Kier alpha value is -4.83. The van der Waals surface area contributed by atoms with E-state index in [4.69, 9.17) is 14.2 Å². The van der Waals surface area contributed by atoms with Gasteiger partial charge in [0.1, 0.15) is 18.9 Å². The molecule has 10 heteroatoms. The lowest BCUT2D eigenvalue weighted by Crippen LogP contribution is -2.39. The van der Waals surface area contributed by atoms with Crippen LogP contribution in [0.25, 0.3) is 0 Å². The molecule has 4 aromatic carbocycles. The maximum Gasteiger partial charge on any atom is 0.264 e. The van der Waals surface area contributed by atoms with Crippen LogP contribution >= 0.6 is 0 Å². The molecule has 9 nitrogen and oxygen atoms in total. The average Bonchev–Trinajstić information content (AvgIpc) is 3.01. The first-order valence-corrected chi connectivity index (χ1v) is 14.9. The van der Waals surface area contributed by atoms with E-state index in [-0.39, 0.29) is 4.90 Å². The smallest absolute Gasteiger partial charge is 0.264 e. The van der Waals surface area contributed by atoms with Gasteiger partial charge in [-0.05, 0) is 79.6 Å². The van der Waals surface area contributed by atoms with E-state index in [0.29, 0.717) is 48.3 Å². The standard InChI is InChI=1S/C32H33N3O6S/c1-3-39-28-16-18-29(19-17-28)42(37,38)35(27-13-9-6-10-14-27)23-32(36)34-33-22-26-15-20-30(31(21-26)40-4-2)41-24-25-11-7-5-8-12-25/h5-22H,3-4,23-24H2,1-2H3,(H,34,36)/b33-22-. The third-order valence-electron chi connectivity index (χ3n) is 5.96. The van der Waals surface area contributed by atoms with Gasteiger partial charge >= 0.3 is 0 Å². The zero-order chi connectivity index (χ0) is 29.8. The van der Waals surface area contributed by atoms with Gasteiger partial charge < -0.3 is 14.2 Å². The zero-order valence-electron chi connectivity index (χ0n) is 23.5. The molecule has 0 aromatic heterocycles. The molecular formula is C32H33N3O6S. The number of rotatable bonds is 14. The number of hydrazone groups is 1. The predicted molar refractivity (Wildman–Crippen MR) is 163 cm³/mol. The molecule has 0 bridgehead atoms. The molecule has 0 aliphatic carbocycles. The Kier molecular flexibility index (Phi) is 10.5. The van der Waals surface area contributed by atoms with Crippen molar-refractivity contribution in [2.45, 2.75) is 25.3 Å². The van der Waals surface area contributed by atoms with Crippen molar-refractivity contribution in [2.75, 3.05) is 24.1 Å². The molecule has 0 aliphatic rings. The number of carbonyl (C=O) groups excluding carboxylic acids is 1. The number of sulfonamides is 1. The molecule has 1 N–H and O–H groups in total. The Morgan fingerprint density at radius 2 is 1.48 bits per heavy atom. The molecule has 0 saturated heterocycles. The van der Waals surface area contributed by atoms with Crippen molar-refractivity contribution in [1.29, 1.82) is 0 Å². The van der Waals surface area contributed by atoms with Crippen molar-refractivity contribution in [3.05, 3.63) is 114 Å². The van der Waals surface area contributed by atoms with Crippen LogP contribution in [0.2, 0.25) is 0 Å². The summed E-state index contributed by atoms with van der Waals surface area (Å²) in [5, 5.41) is 4.04. The first-order valence-electron chi connectivity index (χ1n) is 13.5. The minimum absolute atomic E-state index is 0.0316. The van der Waals surface area contributed by atoms with E-state index in [1.165, 1.54) is 18.3 Å². The summed E-state index contributed by atoms with van der Waals surface area (Å²) in [4.78, 5) is 12.9. The topological polar surface area (TPSA) is 107 Å². The minimum Gasteiger partial charge on any atom is -0.494 e. The van der Waals surface area contributed by atoms with Crippen molar-refractivity contribution in [3.63, 3.8) is 0 Å². The van der Waals surface area contributed by atoms with Gasteiger partial charge in [-0.1, -0.05) is 48.5 Å². The second-order valence-electron chi connectivity index (χ2n) is 8.96. The average molecular weight is 588 g/mol. The summed E-state index contributed by atoms with van der Waals surface area (Å²) >= 11 is 0. The van der Waals surface area contributed by atoms with Gasteiger partial charge in [-0.25, -0.2) is 13.8 Å². The van der Waals surface area contributed by atoms with Crippen LogP contribution in [-0.2, 0) is 21.4 Å². The van der Waals surface area contributed by atoms with Gasteiger partial charge in [0, 0.05) is 0 Å². The first kappa shape index (κ1) is 30.1. The number of hydrogen-bond acceptors (Lipinski definition) is 7. The van der Waals surface area contributed by atoms with Crippen LogP contribution in [0.4, 0.5) is 5.69 Å². The van der Waals surface area contributed by atoms with Crippen molar-refractivity contribution < 1.29 is 27.4 Å². The fraction of sp³-hybridized carbons (Fsp3) is 0.188. The SMILES string of the molecule is CCOc1ccc(S(=O)(=O)N(CC(=O)N/N=C\c2ccc(OCc3ccccc3)c(OCC)c2)c2ccccc2)cc1. The molecule has 0 atom stereocenters. The molecule has 0 unspecified atom stereocenters. The summed E-state index contributed by atoms with van der Waals surface area (Å²) in [7, 11) is -4.07. The number of benzene rings is 4. The van der Waals surface area contributed by atoms with Crippen LogP contribution in [0.3, 0.4) is 0 Å². The number of amides is 1. The molecule has 0 aliphatic heterocycles. The molecule has 42 heavy (non-hydrogen) atoms. The van der Waals surface area contributed by atoms with E-state index in [9.17, 15) is 13.2 Å². The summed E-state index contributed by atoms with van der Waals surface area (Å²) in [6, 6.07) is 29.6. The molecular weight excluding hydrogens is 554 g/mol. The number of anilines is 1. The molecule has 0 saturated carbocycles. The predicted octanol–water partition coefficient (Wildman–Crippen LogP) is 5.41. The highest BCUT2D eigenvalue weighted by Gasteiger charge is 2.27. The summed E-state index contributed by atoms with van der Waals surface area (Å²) < 4.78 is 45.2. The Labute approximate surface area is 246 Å². The van der Waals surface area contributed by atoms with E-state index in [1.54, 1.807) is 60.7 Å². The second-order valence-corrected chi connectivity index (χ2v) is 10.8. The van der Waals surface area contributed by atoms with Crippen LogP contribution in [0, 0.1) is 0 Å². The third-order valence-corrected chi connectivity index (χ3v) is 7.75. The minimum atomic E-state index is -4.07. The maximum atomic E-state index is 13.5. The molecule has 0 heterocycles. The van der Waals surface area contributed by atoms with Gasteiger partial charge in [-0.3, -0.25) is 9.10 Å². The number of carbonyl (C=O) groups is 1. The van der Waals surface area contributed by atoms with Crippen molar-refractivity contribution in [2.24, 2.45) is 5.10 Å². The highest BCUT2D eigenvalue weighted by molar-refractivity contribution is 7.92. The second kappa shape index (κ2) is 14.7. The van der Waals surface area contributed by atoms with Crippen molar-refractivity contribution in [3.8, 4) is 17.2 Å². The Morgan fingerprint density at radius 3 is 2.14 bits per heavy atom. The number of ether oxygens (including phenoxy) is 3. The molecule has 0 fully saturated rings.